The number of hydrogen-bond donors (Lipinski definition) is 1. The molecule has 4 aliphatic carbocycles. The Balaban J connectivity index is 1.72. The number of ketones is 1. The number of fused-ring (bicyclic) bond motifs is 5. The molecule has 0 spiro atoms. The van der Waals surface area contributed by atoms with Gasteiger partial charge in [-0.05, 0) is 102 Å². The summed E-state index contributed by atoms with van der Waals surface area (Å²) in [5.41, 5.74) is 1.20. The third-order valence-corrected chi connectivity index (χ3v) is 9.54. The second-order valence-corrected chi connectivity index (χ2v) is 10.1. The minimum atomic E-state index is -0.497. The minimum Gasteiger partial charge on any atom is -0.390 e. The number of halogens is 1. The van der Waals surface area contributed by atoms with Gasteiger partial charge in [0.15, 0.2) is 5.78 Å². The Kier molecular flexibility index (Phi) is 3.51. The zero-order valence-corrected chi connectivity index (χ0v) is 16.2. The molecule has 0 bridgehead atoms. The zero-order valence-electron chi connectivity index (χ0n) is 14.6. The van der Waals surface area contributed by atoms with Gasteiger partial charge < -0.3 is 5.11 Å². The summed E-state index contributed by atoms with van der Waals surface area (Å²) in [7, 11) is 0. The SMILES string of the molecule is CC1(O)CC[C@H]2[C@@H]3CCC4=C(Br)C(=O)CC[C@]4(C)[C@@H]3CC[C@@]21C. The first-order chi connectivity index (χ1) is 10.7. The average molecular weight is 381 g/mol. The molecule has 3 saturated carbocycles. The van der Waals surface area contributed by atoms with Crippen molar-refractivity contribution >= 4 is 21.7 Å². The first-order valence-electron chi connectivity index (χ1n) is 9.35. The molecule has 2 nitrogen and oxygen atoms in total. The summed E-state index contributed by atoms with van der Waals surface area (Å²) in [4.78, 5) is 12.1. The lowest BCUT2D eigenvalue weighted by molar-refractivity contribution is -0.124. The molecular formula is C20H29BrO2. The number of allylic oxidation sites excluding steroid dienone is 1. The van der Waals surface area contributed by atoms with E-state index in [0.29, 0.717) is 24.0 Å². The van der Waals surface area contributed by atoms with Gasteiger partial charge in [-0.25, -0.2) is 0 Å². The highest BCUT2D eigenvalue weighted by Gasteiger charge is 2.62. The Labute approximate surface area is 148 Å². The number of rotatable bonds is 0. The molecule has 3 heteroatoms. The van der Waals surface area contributed by atoms with E-state index in [-0.39, 0.29) is 10.8 Å². The van der Waals surface area contributed by atoms with E-state index in [1.54, 1.807) is 0 Å². The van der Waals surface area contributed by atoms with Crippen LogP contribution in [0.2, 0.25) is 0 Å². The molecule has 6 atom stereocenters. The van der Waals surface area contributed by atoms with E-state index in [1.165, 1.54) is 24.8 Å². The Morgan fingerprint density at radius 3 is 2.43 bits per heavy atom. The van der Waals surface area contributed by atoms with Gasteiger partial charge in [0.25, 0.3) is 0 Å². The largest absolute Gasteiger partial charge is 0.390 e. The van der Waals surface area contributed by atoms with Crippen LogP contribution in [-0.2, 0) is 4.79 Å². The van der Waals surface area contributed by atoms with Gasteiger partial charge >= 0.3 is 0 Å². The smallest absolute Gasteiger partial charge is 0.169 e. The first-order valence-corrected chi connectivity index (χ1v) is 10.1. The van der Waals surface area contributed by atoms with Crippen molar-refractivity contribution < 1.29 is 9.90 Å². The molecule has 0 saturated heterocycles. The maximum Gasteiger partial charge on any atom is 0.169 e. The molecule has 1 unspecified atom stereocenters. The topological polar surface area (TPSA) is 37.3 Å². The lowest BCUT2D eigenvalue weighted by Crippen LogP contribution is -2.54. The number of Topliss-reactive ketones (excluding diaryl/α,β-unsaturated/α-hetero) is 1. The van der Waals surface area contributed by atoms with Crippen LogP contribution in [0.15, 0.2) is 10.1 Å². The third-order valence-electron chi connectivity index (χ3n) is 8.62. The molecule has 128 valence electrons. The van der Waals surface area contributed by atoms with Crippen molar-refractivity contribution in [2.45, 2.75) is 77.7 Å². The molecule has 1 N–H and O–H groups in total. The van der Waals surface area contributed by atoms with Crippen LogP contribution in [0.25, 0.3) is 0 Å². The van der Waals surface area contributed by atoms with Crippen LogP contribution in [0.4, 0.5) is 0 Å². The fourth-order valence-electron chi connectivity index (χ4n) is 6.89. The van der Waals surface area contributed by atoms with Gasteiger partial charge in [0.1, 0.15) is 0 Å². The van der Waals surface area contributed by atoms with Crippen LogP contribution in [-0.4, -0.2) is 16.5 Å². The van der Waals surface area contributed by atoms with Crippen LogP contribution < -0.4 is 0 Å². The van der Waals surface area contributed by atoms with Gasteiger partial charge in [0.05, 0.1) is 10.1 Å². The van der Waals surface area contributed by atoms with Gasteiger partial charge in [-0.1, -0.05) is 13.8 Å². The highest BCUT2D eigenvalue weighted by molar-refractivity contribution is 9.12. The van der Waals surface area contributed by atoms with E-state index < -0.39 is 5.60 Å². The summed E-state index contributed by atoms with van der Waals surface area (Å²) in [6.45, 7) is 6.83. The summed E-state index contributed by atoms with van der Waals surface area (Å²) < 4.78 is 0.899. The molecule has 0 aromatic carbocycles. The average Bonchev–Trinajstić information content (AvgIpc) is 2.74. The fraction of sp³-hybridized carbons (Fsp3) is 0.850. The predicted octanol–water partition coefficient (Wildman–Crippen LogP) is 4.99. The van der Waals surface area contributed by atoms with E-state index in [1.807, 2.05) is 0 Å². The second kappa shape index (κ2) is 4.94. The molecule has 4 aliphatic rings. The summed E-state index contributed by atoms with van der Waals surface area (Å²) in [6.07, 6.45) is 8.48. The first kappa shape index (κ1) is 16.3. The van der Waals surface area contributed by atoms with Crippen molar-refractivity contribution in [1.82, 2.24) is 0 Å². The maximum atomic E-state index is 12.1. The molecule has 0 heterocycles. The van der Waals surface area contributed by atoms with E-state index in [9.17, 15) is 9.90 Å². The molecule has 0 aromatic rings. The molecule has 0 aromatic heterocycles. The van der Waals surface area contributed by atoms with Gasteiger partial charge in [0.2, 0.25) is 0 Å². The summed E-state index contributed by atoms with van der Waals surface area (Å²) in [6, 6.07) is 0. The van der Waals surface area contributed by atoms with Gasteiger partial charge in [-0.2, -0.15) is 0 Å². The molecule has 3 fully saturated rings. The molecule has 23 heavy (non-hydrogen) atoms. The van der Waals surface area contributed by atoms with Crippen LogP contribution in [0.5, 0.6) is 0 Å². The number of carbonyl (C=O) groups is 1. The molecule has 4 rings (SSSR count). The Morgan fingerprint density at radius 1 is 1.00 bits per heavy atom. The van der Waals surface area contributed by atoms with Crippen LogP contribution in [0.3, 0.4) is 0 Å². The summed E-state index contributed by atoms with van der Waals surface area (Å²) in [5.74, 6) is 2.38. The summed E-state index contributed by atoms with van der Waals surface area (Å²) in [5, 5.41) is 11.0. The van der Waals surface area contributed by atoms with Crippen molar-refractivity contribution in [3.63, 3.8) is 0 Å². The van der Waals surface area contributed by atoms with E-state index in [0.717, 1.165) is 36.1 Å². The minimum absolute atomic E-state index is 0.0907. The highest BCUT2D eigenvalue weighted by Crippen LogP contribution is 2.67. The zero-order chi connectivity index (χ0) is 16.6. The predicted molar refractivity (Wildman–Crippen MR) is 95.2 cm³/mol. The van der Waals surface area contributed by atoms with E-state index in [4.69, 9.17) is 0 Å². The molecule has 0 amide bonds. The highest BCUT2D eigenvalue weighted by atomic mass is 79.9. The Bertz CT molecular complexity index is 592. The monoisotopic (exact) mass is 380 g/mol. The fourth-order valence-corrected chi connectivity index (χ4v) is 7.74. The molecule has 0 aliphatic heterocycles. The van der Waals surface area contributed by atoms with Crippen LogP contribution in [0.1, 0.15) is 72.1 Å². The molecular weight excluding hydrogens is 352 g/mol. The number of carbonyl (C=O) groups excluding carboxylic acids is 1. The Hall–Kier alpha value is -0.150. The quantitative estimate of drug-likeness (QED) is 0.642. The lowest BCUT2D eigenvalue weighted by Gasteiger charge is -2.59. The van der Waals surface area contributed by atoms with Gasteiger partial charge in [0, 0.05) is 6.42 Å². The van der Waals surface area contributed by atoms with E-state index >= 15 is 0 Å². The van der Waals surface area contributed by atoms with Gasteiger partial charge in [-0.3, -0.25) is 4.79 Å². The number of aliphatic hydroxyl groups is 1. The Morgan fingerprint density at radius 2 is 1.70 bits per heavy atom. The lowest BCUT2D eigenvalue weighted by atomic mass is 9.46. The molecule has 0 radical (unpaired) electrons. The number of hydrogen-bond acceptors (Lipinski definition) is 2. The van der Waals surface area contributed by atoms with Crippen LogP contribution in [0, 0.1) is 28.6 Å². The van der Waals surface area contributed by atoms with Crippen molar-refractivity contribution in [3.05, 3.63) is 10.1 Å². The van der Waals surface area contributed by atoms with Crippen molar-refractivity contribution in [2.75, 3.05) is 0 Å². The van der Waals surface area contributed by atoms with Crippen molar-refractivity contribution in [3.8, 4) is 0 Å². The second-order valence-electron chi connectivity index (χ2n) is 9.32. The van der Waals surface area contributed by atoms with E-state index in [2.05, 4.69) is 36.7 Å². The van der Waals surface area contributed by atoms with Gasteiger partial charge in [-0.15, -0.1) is 0 Å². The third kappa shape index (κ3) is 1.99. The maximum absolute atomic E-state index is 12.1. The van der Waals surface area contributed by atoms with Crippen molar-refractivity contribution in [2.24, 2.45) is 28.6 Å². The normalized spacial score (nSPS) is 52.9. The van der Waals surface area contributed by atoms with Crippen molar-refractivity contribution in [1.29, 1.82) is 0 Å². The summed E-state index contributed by atoms with van der Waals surface area (Å²) >= 11 is 3.62. The van der Waals surface area contributed by atoms with Crippen LogP contribution >= 0.6 is 15.9 Å². The standard InChI is InChI=1S/C20H29BrO2/c1-18-9-8-16(22)17(21)15(18)5-4-12-13(18)6-10-19(2)14(12)7-11-20(19,3)23/h12-14,23H,4-11H2,1-3H3/t12-,13-,14+,18-,19+,20?/m1/s1.